The first kappa shape index (κ1) is 8.61. The average molecular weight is 175 g/mol. The zero-order valence-electron chi connectivity index (χ0n) is 8.05. The largest absolute Gasteiger partial charge is 0.494 e. The summed E-state index contributed by atoms with van der Waals surface area (Å²) in [5.74, 6) is 1.73. The summed E-state index contributed by atoms with van der Waals surface area (Å²) in [7, 11) is 0. The van der Waals surface area contributed by atoms with Crippen molar-refractivity contribution in [1.82, 2.24) is 0 Å². The molecule has 1 aliphatic rings. The lowest BCUT2D eigenvalue weighted by atomic mass is 10.1. The van der Waals surface area contributed by atoms with Crippen molar-refractivity contribution >= 4 is 0 Å². The number of hydrogen-bond donors (Lipinski definition) is 0. The Morgan fingerprint density at radius 2 is 2.23 bits per heavy atom. The third kappa shape index (κ3) is 1.85. The Kier molecular flexibility index (Phi) is 2.26. The normalized spacial score (nSPS) is 15.8. The Hall–Kier alpha value is -0.980. The smallest absolute Gasteiger partial charge is 0.122 e. The van der Waals surface area contributed by atoms with Gasteiger partial charge in [-0.25, -0.2) is 0 Å². The number of rotatable bonds is 3. The molecule has 1 aromatic rings. The van der Waals surface area contributed by atoms with Gasteiger partial charge in [0.1, 0.15) is 5.75 Å². The van der Waals surface area contributed by atoms with E-state index < -0.39 is 0 Å². The van der Waals surface area contributed by atoms with Crippen LogP contribution in [0.5, 0.6) is 5.75 Å². The highest BCUT2D eigenvalue weighted by atomic mass is 16.5. The number of ether oxygens (including phenoxy) is 1. The fourth-order valence-corrected chi connectivity index (χ4v) is 1.57. The Morgan fingerprint density at radius 3 is 2.77 bits per heavy atom. The van der Waals surface area contributed by atoms with Crippen molar-refractivity contribution in [3.05, 3.63) is 36.2 Å². The monoisotopic (exact) mass is 175 g/mol. The van der Waals surface area contributed by atoms with Gasteiger partial charge in [-0.3, -0.25) is 0 Å². The van der Waals surface area contributed by atoms with Crippen LogP contribution >= 0.6 is 0 Å². The van der Waals surface area contributed by atoms with E-state index in [9.17, 15) is 0 Å². The van der Waals surface area contributed by atoms with E-state index in [0.29, 0.717) is 6.61 Å². The quantitative estimate of drug-likeness (QED) is 0.685. The molecule has 2 rings (SSSR count). The van der Waals surface area contributed by atoms with Crippen LogP contribution in [0.4, 0.5) is 0 Å². The molecule has 1 saturated carbocycles. The molecule has 0 saturated heterocycles. The van der Waals surface area contributed by atoms with Gasteiger partial charge >= 0.3 is 0 Å². The number of hydrogen-bond acceptors (Lipinski definition) is 1. The molecule has 1 aliphatic carbocycles. The Balaban J connectivity index is 2.21. The van der Waals surface area contributed by atoms with Gasteiger partial charge in [-0.2, -0.15) is 0 Å². The van der Waals surface area contributed by atoms with Crippen LogP contribution in [0.1, 0.15) is 36.8 Å². The summed E-state index contributed by atoms with van der Waals surface area (Å²) >= 11 is 0. The molecule has 0 heterocycles. The van der Waals surface area contributed by atoms with Crippen molar-refractivity contribution in [3.8, 4) is 5.75 Å². The minimum atomic E-state index is 0.714. The van der Waals surface area contributed by atoms with Gasteiger partial charge in [-0.05, 0) is 49.8 Å². The Labute approximate surface area is 79.7 Å². The summed E-state index contributed by atoms with van der Waals surface area (Å²) in [6.07, 6.45) is 2.68. The van der Waals surface area contributed by atoms with Gasteiger partial charge in [-0.1, -0.05) is 12.1 Å². The van der Waals surface area contributed by atoms with Crippen LogP contribution in [0, 0.1) is 6.92 Å². The first-order chi connectivity index (χ1) is 6.31. The van der Waals surface area contributed by atoms with Crippen molar-refractivity contribution in [3.63, 3.8) is 0 Å². The zero-order valence-corrected chi connectivity index (χ0v) is 8.05. The maximum atomic E-state index is 5.43. The van der Waals surface area contributed by atoms with Gasteiger partial charge in [0.15, 0.2) is 0 Å². The molecule has 1 heteroatoms. The summed E-state index contributed by atoms with van der Waals surface area (Å²) in [6.45, 7) is 6.69. The molecule has 13 heavy (non-hydrogen) atoms. The molecule has 0 spiro atoms. The predicted octanol–water partition coefficient (Wildman–Crippen LogP) is 3.14. The maximum Gasteiger partial charge on any atom is 0.122 e. The lowest BCUT2D eigenvalue weighted by molar-refractivity contribution is 0.339. The van der Waals surface area contributed by atoms with E-state index in [2.05, 4.69) is 19.1 Å². The van der Waals surface area contributed by atoms with Crippen LogP contribution < -0.4 is 4.74 Å². The van der Waals surface area contributed by atoms with Gasteiger partial charge in [0, 0.05) is 0 Å². The van der Waals surface area contributed by atoms with Crippen molar-refractivity contribution in [2.75, 3.05) is 6.61 Å². The van der Waals surface area contributed by atoms with Crippen molar-refractivity contribution in [2.45, 2.75) is 25.7 Å². The van der Waals surface area contributed by atoms with Crippen LogP contribution in [0.15, 0.2) is 18.2 Å². The molecule has 0 unspecified atom stereocenters. The standard InChI is InChI=1S/C12H15O/c1-3-13-12-7-6-11(8-9(12)2)10-4-5-10/h6-8,10H,2-5H2,1H3. The summed E-state index contributed by atoms with van der Waals surface area (Å²) in [5.41, 5.74) is 2.44. The van der Waals surface area contributed by atoms with E-state index in [1.165, 1.54) is 18.4 Å². The molecule has 0 N–H and O–H groups in total. The summed E-state index contributed by atoms with van der Waals surface area (Å²) in [6, 6.07) is 6.36. The second-order valence-corrected chi connectivity index (χ2v) is 3.57. The van der Waals surface area contributed by atoms with E-state index >= 15 is 0 Å². The molecule has 0 atom stereocenters. The van der Waals surface area contributed by atoms with Crippen molar-refractivity contribution in [1.29, 1.82) is 0 Å². The zero-order chi connectivity index (χ0) is 9.26. The molecule has 1 fully saturated rings. The van der Waals surface area contributed by atoms with Gasteiger partial charge in [0.25, 0.3) is 0 Å². The van der Waals surface area contributed by atoms with E-state index in [0.717, 1.165) is 17.2 Å². The van der Waals surface area contributed by atoms with Crippen molar-refractivity contribution < 1.29 is 4.74 Å². The van der Waals surface area contributed by atoms with Crippen LogP contribution in [-0.2, 0) is 0 Å². The predicted molar refractivity (Wildman–Crippen MR) is 54.0 cm³/mol. The van der Waals surface area contributed by atoms with Gasteiger partial charge in [0.05, 0.1) is 6.61 Å². The van der Waals surface area contributed by atoms with Gasteiger partial charge in [0.2, 0.25) is 0 Å². The second kappa shape index (κ2) is 3.41. The van der Waals surface area contributed by atoms with E-state index in [1.807, 2.05) is 13.0 Å². The van der Waals surface area contributed by atoms with E-state index in [1.54, 1.807) is 0 Å². The van der Waals surface area contributed by atoms with E-state index in [-0.39, 0.29) is 0 Å². The molecule has 1 aromatic carbocycles. The molecule has 69 valence electrons. The first-order valence-corrected chi connectivity index (χ1v) is 4.90. The molecule has 1 nitrogen and oxygen atoms in total. The SMILES string of the molecule is [CH2]c1cc(C2CC2)ccc1OCC. The minimum absolute atomic E-state index is 0.714. The lowest BCUT2D eigenvalue weighted by Crippen LogP contribution is -1.94. The lowest BCUT2D eigenvalue weighted by Gasteiger charge is -2.08. The van der Waals surface area contributed by atoms with E-state index in [4.69, 9.17) is 4.74 Å². The third-order valence-corrected chi connectivity index (χ3v) is 2.43. The molecule has 0 bridgehead atoms. The fraction of sp³-hybridized carbons (Fsp3) is 0.417. The van der Waals surface area contributed by atoms with Gasteiger partial charge < -0.3 is 4.74 Å². The third-order valence-electron chi connectivity index (χ3n) is 2.43. The summed E-state index contributed by atoms with van der Waals surface area (Å²) < 4.78 is 5.43. The topological polar surface area (TPSA) is 9.23 Å². The van der Waals surface area contributed by atoms with Crippen LogP contribution in [0.2, 0.25) is 0 Å². The molecule has 0 aromatic heterocycles. The Morgan fingerprint density at radius 1 is 1.46 bits per heavy atom. The maximum absolute atomic E-state index is 5.43. The molecule has 0 aliphatic heterocycles. The molecule has 0 amide bonds. The van der Waals surface area contributed by atoms with Crippen LogP contribution in [-0.4, -0.2) is 6.61 Å². The Bertz CT molecular complexity index is 300. The molecular formula is C12H15O. The first-order valence-electron chi connectivity index (χ1n) is 4.90. The van der Waals surface area contributed by atoms with Crippen LogP contribution in [0.25, 0.3) is 0 Å². The second-order valence-electron chi connectivity index (χ2n) is 3.57. The summed E-state index contributed by atoms with van der Waals surface area (Å²) in [4.78, 5) is 0. The fourth-order valence-electron chi connectivity index (χ4n) is 1.57. The highest BCUT2D eigenvalue weighted by molar-refractivity contribution is 5.41. The highest BCUT2D eigenvalue weighted by Crippen LogP contribution is 2.41. The van der Waals surface area contributed by atoms with Gasteiger partial charge in [-0.15, -0.1) is 0 Å². The highest BCUT2D eigenvalue weighted by Gasteiger charge is 2.23. The average Bonchev–Trinajstić information content (AvgIpc) is 2.91. The molecular weight excluding hydrogens is 160 g/mol. The summed E-state index contributed by atoms with van der Waals surface area (Å²) in [5, 5.41) is 0. The van der Waals surface area contributed by atoms with Crippen molar-refractivity contribution in [2.24, 2.45) is 0 Å². The molecule has 1 radical (unpaired) electrons. The van der Waals surface area contributed by atoms with Crippen LogP contribution in [0.3, 0.4) is 0 Å². The minimum Gasteiger partial charge on any atom is -0.494 e. The number of benzene rings is 1.